The highest BCUT2D eigenvalue weighted by Crippen LogP contribution is 2.00. The third kappa shape index (κ3) is 6.62. The van der Waals surface area contributed by atoms with Crippen LogP contribution in [0.2, 0.25) is 0 Å². The third-order valence-electron chi connectivity index (χ3n) is 2.05. The van der Waals surface area contributed by atoms with Crippen LogP contribution in [0.5, 0.6) is 0 Å². The van der Waals surface area contributed by atoms with Gasteiger partial charge in [0.25, 0.3) is 0 Å². The lowest BCUT2D eigenvalue weighted by molar-refractivity contribution is 0.170. The van der Waals surface area contributed by atoms with Gasteiger partial charge >= 0.3 is 6.09 Å². The number of nitrogens with one attached hydrogen (secondary N) is 1. The van der Waals surface area contributed by atoms with Gasteiger partial charge in [0.05, 0.1) is 13.4 Å². The zero-order valence-corrected chi connectivity index (χ0v) is 10.8. The van der Waals surface area contributed by atoms with Crippen molar-refractivity contribution in [2.24, 2.45) is 0 Å². The molecule has 1 N–H and O–H groups in total. The molecule has 0 aromatic carbocycles. The van der Waals surface area contributed by atoms with E-state index in [1.54, 1.807) is 0 Å². The quantitative estimate of drug-likeness (QED) is 0.712. The van der Waals surface area contributed by atoms with Gasteiger partial charge in [-0.3, -0.25) is 0 Å². The number of alkyl carbamates (subject to hydrolysis) is 1. The van der Waals surface area contributed by atoms with Crippen molar-refractivity contribution in [2.45, 2.75) is 19.8 Å². The van der Waals surface area contributed by atoms with Gasteiger partial charge in [-0.05, 0) is 6.42 Å². The number of methoxy groups -OCH3 is 1. The number of carbonyl (C=O) groups is 1. The van der Waals surface area contributed by atoms with Gasteiger partial charge in [-0.1, -0.05) is 13.3 Å². The Morgan fingerprint density at radius 2 is 2.00 bits per heavy atom. The van der Waals surface area contributed by atoms with Crippen molar-refractivity contribution in [2.75, 3.05) is 33.0 Å². The molecule has 1 amide bonds. The fourth-order valence-corrected chi connectivity index (χ4v) is 2.02. The average Bonchev–Trinajstić information content (AvgIpc) is 2.20. The molecule has 96 valence electrons. The van der Waals surface area contributed by atoms with Crippen LogP contribution in [0.15, 0.2) is 0 Å². The van der Waals surface area contributed by atoms with Crippen molar-refractivity contribution >= 4 is 16.1 Å². The van der Waals surface area contributed by atoms with Crippen LogP contribution in [-0.4, -0.2) is 51.8 Å². The van der Waals surface area contributed by atoms with Gasteiger partial charge in [0.15, 0.2) is 0 Å². The van der Waals surface area contributed by atoms with E-state index >= 15 is 0 Å². The van der Waals surface area contributed by atoms with Crippen LogP contribution in [0.4, 0.5) is 4.79 Å². The average molecular weight is 252 g/mol. The molecule has 0 unspecified atom stereocenters. The van der Waals surface area contributed by atoms with Gasteiger partial charge in [-0.2, -0.15) is 0 Å². The van der Waals surface area contributed by atoms with Gasteiger partial charge in [-0.15, -0.1) is 0 Å². The molecule has 6 nitrogen and oxygen atoms in total. The first-order valence-electron chi connectivity index (χ1n) is 5.18. The molecule has 0 aliphatic heterocycles. The van der Waals surface area contributed by atoms with Gasteiger partial charge in [0, 0.05) is 19.6 Å². The number of sulfonamides is 1. The summed E-state index contributed by atoms with van der Waals surface area (Å²) in [6, 6.07) is 0. The standard InChI is InChI=1S/C9H20N2O4S/c1-4-5-7-11(16(3,13)14)8-6-10-9(12)15-2/h4-8H2,1-3H3,(H,10,12). The Morgan fingerprint density at radius 1 is 1.38 bits per heavy atom. The summed E-state index contributed by atoms with van der Waals surface area (Å²) in [5.74, 6) is 0. The van der Waals surface area contributed by atoms with Crippen LogP contribution in [0, 0.1) is 0 Å². The highest BCUT2D eigenvalue weighted by atomic mass is 32.2. The van der Waals surface area contributed by atoms with E-state index in [0.29, 0.717) is 6.54 Å². The van der Waals surface area contributed by atoms with Gasteiger partial charge in [-0.25, -0.2) is 17.5 Å². The van der Waals surface area contributed by atoms with E-state index < -0.39 is 16.1 Å². The molecule has 0 saturated heterocycles. The van der Waals surface area contributed by atoms with E-state index in [-0.39, 0.29) is 13.1 Å². The predicted octanol–water partition coefficient (Wildman–Crippen LogP) is 0.404. The van der Waals surface area contributed by atoms with Gasteiger partial charge in [0.1, 0.15) is 0 Å². The molecular formula is C9H20N2O4S. The van der Waals surface area contributed by atoms with Gasteiger partial charge in [0.2, 0.25) is 10.0 Å². The molecule has 0 saturated carbocycles. The Labute approximate surface area is 97.0 Å². The number of amides is 1. The van der Waals surface area contributed by atoms with Crippen LogP contribution >= 0.6 is 0 Å². The highest BCUT2D eigenvalue weighted by Gasteiger charge is 2.15. The largest absolute Gasteiger partial charge is 0.453 e. The van der Waals surface area contributed by atoms with Crippen LogP contribution in [0.1, 0.15) is 19.8 Å². The predicted molar refractivity (Wildman–Crippen MR) is 61.7 cm³/mol. The van der Waals surface area contributed by atoms with Crippen LogP contribution in [0.3, 0.4) is 0 Å². The first-order valence-corrected chi connectivity index (χ1v) is 7.03. The molecule has 7 heteroatoms. The lowest BCUT2D eigenvalue weighted by atomic mass is 10.3. The van der Waals surface area contributed by atoms with E-state index in [1.165, 1.54) is 17.7 Å². The molecule has 0 radical (unpaired) electrons. The van der Waals surface area contributed by atoms with E-state index in [9.17, 15) is 13.2 Å². The number of nitrogens with zero attached hydrogens (tertiary/aromatic N) is 1. The summed E-state index contributed by atoms with van der Waals surface area (Å²) in [7, 11) is -1.94. The normalized spacial score (nSPS) is 11.5. The lowest BCUT2D eigenvalue weighted by Gasteiger charge is -2.19. The minimum Gasteiger partial charge on any atom is -0.453 e. The minimum atomic E-state index is -3.20. The summed E-state index contributed by atoms with van der Waals surface area (Å²) in [6.45, 7) is 3.00. The van der Waals surface area contributed by atoms with Crippen molar-refractivity contribution in [1.82, 2.24) is 9.62 Å². The van der Waals surface area contributed by atoms with Crippen LogP contribution in [-0.2, 0) is 14.8 Å². The van der Waals surface area contributed by atoms with Crippen LogP contribution < -0.4 is 5.32 Å². The molecule has 0 aromatic rings. The first-order chi connectivity index (χ1) is 7.41. The van der Waals surface area contributed by atoms with Crippen LogP contribution in [0.25, 0.3) is 0 Å². The second-order valence-electron chi connectivity index (χ2n) is 3.43. The van der Waals surface area contributed by atoms with E-state index in [4.69, 9.17) is 0 Å². The molecule has 0 bridgehead atoms. The molecule has 0 aliphatic rings. The lowest BCUT2D eigenvalue weighted by Crippen LogP contribution is -2.38. The minimum absolute atomic E-state index is 0.253. The number of rotatable bonds is 7. The molecule has 0 spiro atoms. The SMILES string of the molecule is CCCCN(CCNC(=O)OC)S(C)(=O)=O. The maximum Gasteiger partial charge on any atom is 0.406 e. The van der Waals surface area contributed by atoms with E-state index in [2.05, 4.69) is 10.1 Å². The Kier molecular flexibility index (Phi) is 7.07. The summed E-state index contributed by atoms with van der Waals surface area (Å²) >= 11 is 0. The number of ether oxygens (including phenoxy) is 1. The van der Waals surface area contributed by atoms with E-state index in [1.807, 2.05) is 6.92 Å². The number of unbranched alkanes of at least 4 members (excludes halogenated alkanes) is 1. The zero-order chi connectivity index (χ0) is 12.6. The Balaban J connectivity index is 4.08. The Bertz CT molecular complexity index is 303. The Morgan fingerprint density at radius 3 is 2.44 bits per heavy atom. The molecule has 16 heavy (non-hydrogen) atoms. The maximum absolute atomic E-state index is 11.4. The first kappa shape index (κ1) is 15.2. The van der Waals surface area contributed by atoms with Crippen molar-refractivity contribution < 1.29 is 17.9 Å². The zero-order valence-electron chi connectivity index (χ0n) is 10.0. The summed E-state index contributed by atoms with van der Waals surface area (Å²) in [5, 5.41) is 2.44. The third-order valence-corrected chi connectivity index (χ3v) is 3.35. The highest BCUT2D eigenvalue weighted by molar-refractivity contribution is 7.88. The Hall–Kier alpha value is -0.820. The number of carbonyl (C=O) groups excluding carboxylic acids is 1. The van der Waals surface area contributed by atoms with Crippen molar-refractivity contribution in [3.63, 3.8) is 0 Å². The number of hydrogen-bond donors (Lipinski definition) is 1. The van der Waals surface area contributed by atoms with Crippen molar-refractivity contribution in [3.05, 3.63) is 0 Å². The summed E-state index contributed by atoms with van der Waals surface area (Å²) in [5.41, 5.74) is 0. The van der Waals surface area contributed by atoms with Crippen molar-refractivity contribution in [1.29, 1.82) is 0 Å². The second-order valence-corrected chi connectivity index (χ2v) is 5.42. The van der Waals surface area contributed by atoms with Crippen molar-refractivity contribution in [3.8, 4) is 0 Å². The van der Waals surface area contributed by atoms with Gasteiger partial charge < -0.3 is 10.1 Å². The molecule has 0 atom stereocenters. The monoisotopic (exact) mass is 252 g/mol. The van der Waals surface area contributed by atoms with E-state index in [0.717, 1.165) is 12.8 Å². The summed E-state index contributed by atoms with van der Waals surface area (Å²) in [6.07, 6.45) is 2.35. The molecule has 0 fully saturated rings. The summed E-state index contributed by atoms with van der Waals surface area (Å²) < 4.78 is 28.5. The molecule has 0 aliphatic carbocycles. The molecule has 0 heterocycles. The molecule has 0 rings (SSSR count). The summed E-state index contributed by atoms with van der Waals surface area (Å²) in [4.78, 5) is 10.8. The number of hydrogen-bond acceptors (Lipinski definition) is 4. The fraction of sp³-hybridized carbons (Fsp3) is 0.889. The topological polar surface area (TPSA) is 75.7 Å². The molecule has 0 aromatic heterocycles. The molecular weight excluding hydrogens is 232 g/mol. The maximum atomic E-state index is 11.4. The second kappa shape index (κ2) is 7.45. The fourth-order valence-electron chi connectivity index (χ4n) is 1.13. The smallest absolute Gasteiger partial charge is 0.406 e.